The summed E-state index contributed by atoms with van der Waals surface area (Å²) in [7, 11) is 2.27. The zero-order valence-electron chi connectivity index (χ0n) is 12.6. The van der Waals surface area contributed by atoms with Crippen LogP contribution >= 0.6 is 0 Å². The van der Waals surface area contributed by atoms with Gasteiger partial charge < -0.3 is 19.7 Å². The van der Waals surface area contributed by atoms with Crippen LogP contribution in [0.2, 0.25) is 0 Å². The van der Waals surface area contributed by atoms with Gasteiger partial charge in [0.05, 0.1) is 6.61 Å². The molecule has 0 amide bonds. The Morgan fingerprint density at radius 3 is 2.58 bits per heavy atom. The number of ether oxygens (including phenoxy) is 2. The summed E-state index contributed by atoms with van der Waals surface area (Å²) in [6.45, 7) is 8.18. The maximum atomic E-state index is 5.69. The second-order valence-corrected chi connectivity index (χ2v) is 5.97. The van der Waals surface area contributed by atoms with Gasteiger partial charge in [-0.1, -0.05) is 6.92 Å². The predicted molar refractivity (Wildman–Crippen MR) is 77.5 cm³/mol. The van der Waals surface area contributed by atoms with Crippen LogP contribution in [0.5, 0.6) is 0 Å². The first kappa shape index (κ1) is 15.2. The molecule has 0 aromatic heterocycles. The van der Waals surface area contributed by atoms with Gasteiger partial charge in [-0.3, -0.25) is 0 Å². The summed E-state index contributed by atoms with van der Waals surface area (Å²) in [5, 5.41) is 3.70. The molecular formula is C15H30N2O2. The average molecular weight is 270 g/mol. The fourth-order valence-corrected chi connectivity index (χ4v) is 3.22. The van der Waals surface area contributed by atoms with Crippen molar-refractivity contribution in [2.75, 3.05) is 46.6 Å². The van der Waals surface area contributed by atoms with Crippen LogP contribution in [0.25, 0.3) is 0 Å². The van der Waals surface area contributed by atoms with Crippen LogP contribution in [0.3, 0.4) is 0 Å². The molecule has 0 radical (unpaired) electrons. The lowest BCUT2D eigenvalue weighted by atomic mass is 9.94. The molecule has 112 valence electrons. The van der Waals surface area contributed by atoms with Gasteiger partial charge in [0.15, 0.2) is 0 Å². The van der Waals surface area contributed by atoms with Crippen molar-refractivity contribution in [2.45, 2.75) is 44.7 Å². The van der Waals surface area contributed by atoms with Crippen LogP contribution < -0.4 is 5.32 Å². The number of hydrogen-bond acceptors (Lipinski definition) is 4. The molecule has 0 saturated carbocycles. The van der Waals surface area contributed by atoms with Gasteiger partial charge in [-0.05, 0) is 39.3 Å². The van der Waals surface area contributed by atoms with Crippen LogP contribution in [0, 0.1) is 5.92 Å². The van der Waals surface area contributed by atoms with E-state index in [4.69, 9.17) is 9.47 Å². The predicted octanol–water partition coefficient (Wildman–Crippen LogP) is 1.50. The largest absolute Gasteiger partial charge is 0.381 e. The second-order valence-electron chi connectivity index (χ2n) is 5.97. The number of hydrogen-bond donors (Lipinski definition) is 1. The van der Waals surface area contributed by atoms with Gasteiger partial charge in [0.2, 0.25) is 0 Å². The topological polar surface area (TPSA) is 33.7 Å². The molecule has 2 aliphatic rings. The zero-order chi connectivity index (χ0) is 13.5. The standard InChI is InChI=1S/C15H30N2O2/c1-3-7-16-15-6-10-19-12-13(15)11-17(2)14-4-8-18-9-5-14/h13-16H,3-12H2,1-2H3. The Morgan fingerprint density at radius 2 is 1.84 bits per heavy atom. The van der Waals surface area contributed by atoms with Crippen LogP contribution in [-0.4, -0.2) is 63.5 Å². The van der Waals surface area contributed by atoms with E-state index >= 15 is 0 Å². The molecule has 19 heavy (non-hydrogen) atoms. The Balaban J connectivity index is 1.80. The van der Waals surface area contributed by atoms with Gasteiger partial charge in [-0.25, -0.2) is 0 Å². The van der Waals surface area contributed by atoms with Crippen molar-refractivity contribution in [3.63, 3.8) is 0 Å². The first-order valence-corrected chi connectivity index (χ1v) is 7.90. The van der Waals surface area contributed by atoms with Crippen molar-refractivity contribution < 1.29 is 9.47 Å². The van der Waals surface area contributed by atoms with Crippen molar-refractivity contribution in [3.8, 4) is 0 Å². The first-order chi connectivity index (χ1) is 9.31. The monoisotopic (exact) mass is 270 g/mol. The maximum Gasteiger partial charge on any atom is 0.0521 e. The highest BCUT2D eigenvalue weighted by Gasteiger charge is 2.28. The van der Waals surface area contributed by atoms with E-state index in [1.54, 1.807) is 0 Å². The molecule has 0 aromatic rings. The molecule has 2 unspecified atom stereocenters. The molecule has 2 heterocycles. The maximum absolute atomic E-state index is 5.69. The van der Waals surface area contributed by atoms with Crippen LogP contribution in [0.4, 0.5) is 0 Å². The highest BCUT2D eigenvalue weighted by molar-refractivity contribution is 4.83. The quantitative estimate of drug-likeness (QED) is 0.793. The van der Waals surface area contributed by atoms with Crippen molar-refractivity contribution in [1.29, 1.82) is 0 Å². The number of nitrogens with zero attached hydrogens (tertiary/aromatic N) is 1. The van der Waals surface area contributed by atoms with Crippen molar-refractivity contribution in [1.82, 2.24) is 10.2 Å². The minimum Gasteiger partial charge on any atom is -0.381 e. The summed E-state index contributed by atoms with van der Waals surface area (Å²) < 4.78 is 11.1. The average Bonchev–Trinajstić information content (AvgIpc) is 2.47. The van der Waals surface area contributed by atoms with E-state index in [1.165, 1.54) is 19.3 Å². The van der Waals surface area contributed by atoms with Crippen LogP contribution in [0.1, 0.15) is 32.6 Å². The molecule has 0 spiro atoms. The fraction of sp³-hybridized carbons (Fsp3) is 1.00. The normalized spacial score (nSPS) is 29.8. The second kappa shape index (κ2) is 8.20. The summed E-state index contributed by atoms with van der Waals surface area (Å²) in [6, 6.07) is 1.33. The molecule has 2 fully saturated rings. The van der Waals surface area contributed by atoms with Gasteiger partial charge in [-0.15, -0.1) is 0 Å². The molecule has 0 aromatic carbocycles. The Labute approximate surface area is 117 Å². The van der Waals surface area contributed by atoms with Gasteiger partial charge in [0.1, 0.15) is 0 Å². The lowest BCUT2D eigenvalue weighted by Gasteiger charge is -2.38. The summed E-state index contributed by atoms with van der Waals surface area (Å²) in [5.41, 5.74) is 0. The molecule has 2 aliphatic heterocycles. The van der Waals surface area contributed by atoms with Gasteiger partial charge in [-0.2, -0.15) is 0 Å². The van der Waals surface area contributed by atoms with E-state index in [0.29, 0.717) is 18.0 Å². The minimum atomic E-state index is 0.633. The summed E-state index contributed by atoms with van der Waals surface area (Å²) in [6.07, 6.45) is 4.72. The van der Waals surface area contributed by atoms with E-state index in [2.05, 4.69) is 24.2 Å². The molecular weight excluding hydrogens is 240 g/mol. The minimum absolute atomic E-state index is 0.633. The van der Waals surface area contributed by atoms with E-state index in [-0.39, 0.29) is 0 Å². The Hall–Kier alpha value is -0.160. The van der Waals surface area contributed by atoms with E-state index < -0.39 is 0 Å². The van der Waals surface area contributed by atoms with Crippen LogP contribution in [0.15, 0.2) is 0 Å². The molecule has 2 atom stereocenters. The van der Waals surface area contributed by atoms with Crippen molar-refractivity contribution in [2.24, 2.45) is 5.92 Å². The third kappa shape index (κ3) is 4.71. The van der Waals surface area contributed by atoms with Gasteiger partial charge in [0, 0.05) is 44.4 Å². The summed E-state index contributed by atoms with van der Waals surface area (Å²) in [4.78, 5) is 2.53. The van der Waals surface area contributed by atoms with E-state index in [0.717, 1.165) is 45.9 Å². The molecule has 0 aliphatic carbocycles. The highest BCUT2D eigenvalue weighted by atomic mass is 16.5. The lowest BCUT2D eigenvalue weighted by molar-refractivity contribution is -0.00196. The smallest absolute Gasteiger partial charge is 0.0521 e. The first-order valence-electron chi connectivity index (χ1n) is 7.90. The van der Waals surface area contributed by atoms with E-state index in [1.807, 2.05) is 0 Å². The molecule has 2 rings (SSSR count). The molecule has 4 nitrogen and oxygen atoms in total. The van der Waals surface area contributed by atoms with Crippen molar-refractivity contribution >= 4 is 0 Å². The van der Waals surface area contributed by atoms with E-state index in [9.17, 15) is 0 Å². The zero-order valence-corrected chi connectivity index (χ0v) is 12.6. The van der Waals surface area contributed by atoms with Gasteiger partial charge in [0.25, 0.3) is 0 Å². The third-order valence-corrected chi connectivity index (χ3v) is 4.47. The Morgan fingerprint density at radius 1 is 1.11 bits per heavy atom. The molecule has 0 bridgehead atoms. The lowest BCUT2D eigenvalue weighted by Crippen LogP contribution is -2.49. The number of nitrogens with one attached hydrogen (secondary N) is 1. The van der Waals surface area contributed by atoms with Crippen LogP contribution in [-0.2, 0) is 9.47 Å². The summed E-state index contributed by atoms with van der Waals surface area (Å²) in [5.74, 6) is 0.633. The third-order valence-electron chi connectivity index (χ3n) is 4.47. The Kier molecular flexibility index (Phi) is 6.57. The number of rotatable bonds is 6. The van der Waals surface area contributed by atoms with Gasteiger partial charge >= 0.3 is 0 Å². The summed E-state index contributed by atoms with van der Waals surface area (Å²) >= 11 is 0. The highest BCUT2D eigenvalue weighted by Crippen LogP contribution is 2.20. The van der Waals surface area contributed by atoms with Crippen molar-refractivity contribution in [3.05, 3.63) is 0 Å². The SMILES string of the molecule is CCCNC1CCOCC1CN(C)C1CCOCC1. The Bertz CT molecular complexity index is 244. The molecule has 1 N–H and O–H groups in total. The molecule has 2 saturated heterocycles. The fourth-order valence-electron chi connectivity index (χ4n) is 3.22. The molecule has 4 heteroatoms.